The lowest BCUT2D eigenvalue weighted by molar-refractivity contribution is -0.194. The minimum Gasteiger partial charge on any atom is -0.387 e. The maximum absolute atomic E-state index is 11.4. The smallest absolute Gasteiger partial charge is 0.116 e. The van der Waals surface area contributed by atoms with Crippen molar-refractivity contribution in [3.8, 4) is 0 Å². The predicted molar refractivity (Wildman–Crippen MR) is 184 cm³/mol. The Bertz CT molecular complexity index is 1230. The Morgan fingerprint density at radius 3 is 1.64 bits per heavy atom. The van der Waals surface area contributed by atoms with Gasteiger partial charge in [-0.15, -0.1) is 0 Å². The van der Waals surface area contributed by atoms with E-state index in [1.165, 1.54) is 41.6 Å². The molecule has 2 rings (SSSR count). The first-order chi connectivity index (χ1) is 19.5. The van der Waals surface area contributed by atoms with Crippen LogP contribution in [0.3, 0.4) is 0 Å². The second-order valence-electron chi connectivity index (χ2n) is 14.1. The van der Waals surface area contributed by atoms with E-state index < -0.39 is 11.2 Å². The fourth-order valence-electron chi connectivity index (χ4n) is 6.21. The first-order valence-electron chi connectivity index (χ1n) is 15.7. The first kappa shape index (κ1) is 35.5. The Morgan fingerprint density at radius 1 is 0.619 bits per heavy atom. The van der Waals surface area contributed by atoms with Crippen molar-refractivity contribution in [2.24, 2.45) is 10.8 Å². The van der Waals surface area contributed by atoms with Crippen molar-refractivity contribution in [3.63, 3.8) is 0 Å². The van der Waals surface area contributed by atoms with Crippen LogP contribution in [0.4, 0.5) is 0 Å². The average Bonchev–Trinajstić information content (AvgIpc) is 2.88. The van der Waals surface area contributed by atoms with Gasteiger partial charge in [0.2, 0.25) is 0 Å². The highest BCUT2D eigenvalue weighted by Gasteiger charge is 2.56. The standard InChI is InChI=1S/C40H58O2/c1-31(19-13-21-33(3)24-25-36-35(5)23-15-27-37(36,6)7)17-11-12-18-32(2)20-14-22-34(4)26-30-40(42)38(8,9)28-16-29-39(40,10)41/h11-14,17-22,24-26,30,41-42H,15-16,23,27-29H2,1-10H3/b12-11+,19-13+,20-14+,25-24+,30-26+,31-17+,32-18+,33-21-,34-22+. The SMILES string of the molecule is CC1=C(/C=C/C(C)=C\C=C\C(C)=C\C=C\C=C(C)\C=C\C=C(C)\C=C\C2(O)C(C)(C)CCCC2(C)O)C(C)(C)CCC1. The number of hydrogen-bond acceptors (Lipinski definition) is 2. The lowest BCUT2D eigenvalue weighted by Gasteiger charge is -2.53. The summed E-state index contributed by atoms with van der Waals surface area (Å²) in [6, 6.07) is 0. The van der Waals surface area contributed by atoms with Gasteiger partial charge in [-0.2, -0.15) is 0 Å². The third-order valence-corrected chi connectivity index (χ3v) is 9.23. The molecule has 0 saturated heterocycles. The Hall–Kier alpha value is -2.68. The third-order valence-electron chi connectivity index (χ3n) is 9.23. The lowest BCUT2D eigenvalue weighted by atomic mass is 9.58. The molecule has 0 amide bonds. The molecule has 2 heteroatoms. The van der Waals surface area contributed by atoms with Gasteiger partial charge in [-0.05, 0) is 103 Å². The van der Waals surface area contributed by atoms with E-state index in [9.17, 15) is 10.2 Å². The normalized spacial score (nSPS) is 28.5. The maximum Gasteiger partial charge on any atom is 0.116 e. The maximum atomic E-state index is 11.4. The monoisotopic (exact) mass is 570 g/mol. The molecule has 0 aromatic heterocycles. The third kappa shape index (κ3) is 9.96. The second kappa shape index (κ2) is 15.2. The molecule has 0 bridgehead atoms. The summed E-state index contributed by atoms with van der Waals surface area (Å²) >= 11 is 0. The molecule has 0 aliphatic heterocycles. The molecular formula is C40H58O2. The highest BCUT2D eigenvalue weighted by atomic mass is 16.4. The minimum atomic E-state index is -1.26. The van der Waals surface area contributed by atoms with Crippen molar-refractivity contribution in [1.29, 1.82) is 0 Å². The van der Waals surface area contributed by atoms with E-state index in [2.05, 4.69) is 102 Å². The van der Waals surface area contributed by atoms with E-state index in [1.807, 2.05) is 39.0 Å². The minimum absolute atomic E-state index is 0.274. The first-order valence-corrected chi connectivity index (χ1v) is 15.7. The van der Waals surface area contributed by atoms with Crippen LogP contribution in [0.25, 0.3) is 0 Å². The Balaban J connectivity index is 1.92. The number of allylic oxidation sites excluding steroid dienone is 19. The Kier molecular flexibility index (Phi) is 12.8. The van der Waals surface area contributed by atoms with Crippen LogP contribution in [0.5, 0.6) is 0 Å². The Morgan fingerprint density at radius 2 is 1.12 bits per heavy atom. The van der Waals surface area contributed by atoms with Gasteiger partial charge in [-0.1, -0.05) is 135 Å². The average molecular weight is 571 g/mol. The zero-order chi connectivity index (χ0) is 31.6. The number of rotatable bonds is 10. The lowest BCUT2D eigenvalue weighted by Crippen LogP contribution is -2.62. The molecule has 2 aliphatic rings. The van der Waals surface area contributed by atoms with Crippen molar-refractivity contribution < 1.29 is 10.2 Å². The van der Waals surface area contributed by atoms with Crippen LogP contribution in [0.15, 0.2) is 119 Å². The molecule has 2 atom stereocenters. The van der Waals surface area contributed by atoms with Crippen LogP contribution >= 0.6 is 0 Å². The van der Waals surface area contributed by atoms with Gasteiger partial charge in [-0.25, -0.2) is 0 Å². The van der Waals surface area contributed by atoms with Crippen molar-refractivity contribution in [2.45, 2.75) is 119 Å². The molecule has 230 valence electrons. The molecule has 2 unspecified atom stereocenters. The van der Waals surface area contributed by atoms with Gasteiger partial charge in [-0.3, -0.25) is 0 Å². The predicted octanol–water partition coefficient (Wildman–Crippen LogP) is 10.8. The van der Waals surface area contributed by atoms with Gasteiger partial charge >= 0.3 is 0 Å². The molecule has 1 fully saturated rings. The van der Waals surface area contributed by atoms with E-state index in [0.717, 1.165) is 24.0 Å². The van der Waals surface area contributed by atoms with Gasteiger partial charge in [0, 0.05) is 0 Å². The zero-order valence-corrected chi connectivity index (χ0v) is 28.2. The van der Waals surface area contributed by atoms with Crippen LogP contribution in [0.1, 0.15) is 108 Å². The molecule has 0 spiro atoms. The van der Waals surface area contributed by atoms with Gasteiger partial charge < -0.3 is 10.2 Å². The van der Waals surface area contributed by atoms with Crippen LogP contribution in [-0.4, -0.2) is 21.4 Å². The van der Waals surface area contributed by atoms with Crippen LogP contribution in [-0.2, 0) is 0 Å². The molecule has 2 nitrogen and oxygen atoms in total. The quantitative estimate of drug-likeness (QED) is 0.256. The molecule has 0 aromatic carbocycles. The largest absolute Gasteiger partial charge is 0.387 e. The molecule has 1 saturated carbocycles. The zero-order valence-electron chi connectivity index (χ0n) is 28.2. The van der Waals surface area contributed by atoms with Crippen molar-refractivity contribution in [3.05, 3.63) is 119 Å². The van der Waals surface area contributed by atoms with Gasteiger partial charge in [0.1, 0.15) is 5.60 Å². The summed E-state index contributed by atoms with van der Waals surface area (Å²) in [5, 5.41) is 22.3. The van der Waals surface area contributed by atoms with Crippen LogP contribution in [0, 0.1) is 10.8 Å². The molecule has 2 aliphatic carbocycles. The van der Waals surface area contributed by atoms with Crippen molar-refractivity contribution >= 4 is 0 Å². The van der Waals surface area contributed by atoms with E-state index >= 15 is 0 Å². The fraction of sp³-hybridized carbons (Fsp3) is 0.500. The summed E-state index contributed by atoms with van der Waals surface area (Å²) in [7, 11) is 0. The molecule has 0 radical (unpaired) electrons. The Labute approximate surface area is 258 Å². The highest BCUT2D eigenvalue weighted by Crippen LogP contribution is 2.50. The highest BCUT2D eigenvalue weighted by molar-refractivity contribution is 5.37. The van der Waals surface area contributed by atoms with Gasteiger partial charge in [0.25, 0.3) is 0 Å². The van der Waals surface area contributed by atoms with Crippen LogP contribution < -0.4 is 0 Å². The molecule has 0 aromatic rings. The van der Waals surface area contributed by atoms with Gasteiger partial charge in [0.15, 0.2) is 0 Å². The topological polar surface area (TPSA) is 40.5 Å². The summed E-state index contributed by atoms with van der Waals surface area (Å²) in [5.74, 6) is 0. The number of aliphatic hydroxyl groups is 2. The second-order valence-corrected chi connectivity index (χ2v) is 14.1. The summed E-state index contributed by atoms with van der Waals surface area (Å²) in [6.45, 7) is 21.2. The molecule has 2 N–H and O–H groups in total. The number of hydrogen-bond donors (Lipinski definition) is 2. The molecule has 0 heterocycles. The molecule has 42 heavy (non-hydrogen) atoms. The van der Waals surface area contributed by atoms with E-state index in [1.54, 1.807) is 13.0 Å². The summed E-state index contributed by atoms with van der Waals surface area (Å²) in [5.41, 5.74) is 5.15. The van der Waals surface area contributed by atoms with Crippen LogP contribution in [0.2, 0.25) is 0 Å². The molecular weight excluding hydrogens is 512 g/mol. The van der Waals surface area contributed by atoms with Crippen molar-refractivity contribution in [1.82, 2.24) is 0 Å². The van der Waals surface area contributed by atoms with Gasteiger partial charge in [0.05, 0.1) is 5.60 Å². The fourth-order valence-corrected chi connectivity index (χ4v) is 6.21. The summed E-state index contributed by atoms with van der Waals surface area (Å²) in [4.78, 5) is 0. The summed E-state index contributed by atoms with van der Waals surface area (Å²) < 4.78 is 0. The van der Waals surface area contributed by atoms with E-state index in [0.29, 0.717) is 6.42 Å². The summed E-state index contributed by atoms with van der Waals surface area (Å²) in [6.07, 6.45) is 35.4. The van der Waals surface area contributed by atoms with E-state index in [4.69, 9.17) is 0 Å². The van der Waals surface area contributed by atoms with Crippen molar-refractivity contribution in [2.75, 3.05) is 0 Å². The van der Waals surface area contributed by atoms with E-state index in [-0.39, 0.29) is 10.8 Å².